The summed E-state index contributed by atoms with van der Waals surface area (Å²) >= 11 is 0. The van der Waals surface area contributed by atoms with Gasteiger partial charge in [-0.05, 0) is 47.2 Å². The number of amides is 2. The molecular weight excluding hydrogens is 400 g/mol. The number of ether oxygens (including phenoxy) is 1. The number of carbonyl (C=O) groups is 2. The summed E-state index contributed by atoms with van der Waals surface area (Å²) in [6.07, 6.45) is 0.932. The van der Waals surface area contributed by atoms with Crippen LogP contribution in [0.25, 0.3) is 11.1 Å². The average molecular weight is 431 g/mol. The number of para-hydroxylation sites is 1. The van der Waals surface area contributed by atoms with Crippen LogP contribution in [0, 0.1) is 5.92 Å². The largest absolute Gasteiger partial charge is 0.484 e. The summed E-state index contributed by atoms with van der Waals surface area (Å²) in [4.78, 5) is 25.1. The van der Waals surface area contributed by atoms with Gasteiger partial charge in [0.2, 0.25) is 0 Å². The molecule has 0 unspecified atom stereocenters. The Morgan fingerprint density at radius 1 is 0.812 bits per heavy atom. The molecular formula is C27H30N2O3. The van der Waals surface area contributed by atoms with Crippen molar-refractivity contribution in [1.82, 2.24) is 10.6 Å². The lowest BCUT2D eigenvalue weighted by molar-refractivity contribution is -0.123. The van der Waals surface area contributed by atoms with Crippen molar-refractivity contribution in [2.45, 2.75) is 26.8 Å². The van der Waals surface area contributed by atoms with Gasteiger partial charge in [-0.3, -0.25) is 9.59 Å². The maximum Gasteiger partial charge on any atom is 0.258 e. The zero-order valence-electron chi connectivity index (χ0n) is 18.6. The van der Waals surface area contributed by atoms with Gasteiger partial charge in [0.25, 0.3) is 11.8 Å². The van der Waals surface area contributed by atoms with Crippen LogP contribution in [0.4, 0.5) is 0 Å². The molecule has 3 aromatic rings. The average Bonchev–Trinajstić information content (AvgIpc) is 2.82. The minimum atomic E-state index is -0.205. The maximum absolute atomic E-state index is 12.8. The molecule has 32 heavy (non-hydrogen) atoms. The Kier molecular flexibility index (Phi) is 8.44. The number of benzene rings is 3. The van der Waals surface area contributed by atoms with Crippen molar-refractivity contribution < 1.29 is 14.3 Å². The Morgan fingerprint density at radius 3 is 2.22 bits per heavy atom. The number of hydrogen-bond acceptors (Lipinski definition) is 3. The first-order chi connectivity index (χ1) is 15.5. The third kappa shape index (κ3) is 6.71. The van der Waals surface area contributed by atoms with E-state index in [1.165, 1.54) is 0 Å². The topological polar surface area (TPSA) is 67.4 Å². The van der Waals surface area contributed by atoms with E-state index in [-0.39, 0.29) is 18.4 Å². The molecule has 0 spiro atoms. The van der Waals surface area contributed by atoms with E-state index < -0.39 is 0 Å². The van der Waals surface area contributed by atoms with Gasteiger partial charge in [-0.2, -0.15) is 0 Å². The van der Waals surface area contributed by atoms with Crippen molar-refractivity contribution in [3.05, 3.63) is 90.0 Å². The van der Waals surface area contributed by atoms with Crippen molar-refractivity contribution in [3.8, 4) is 16.9 Å². The summed E-state index contributed by atoms with van der Waals surface area (Å²) in [5.74, 6) is 0.890. The van der Waals surface area contributed by atoms with E-state index >= 15 is 0 Å². The molecule has 2 N–H and O–H groups in total. The van der Waals surface area contributed by atoms with Gasteiger partial charge in [0.1, 0.15) is 5.75 Å². The molecule has 5 nitrogen and oxygen atoms in total. The summed E-state index contributed by atoms with van der Waals surface area (Å²) in [5.41, 5.74) is 3.33. The fraction of sp³-hybridized carbons (Fsp3) is 0.259. The highest BCUT2D eigenvalue weighted by Crippen LogP contribution is 2.27. The quantitative estimate of drug-likeness (QED) is 0.484. The Bertz CT molecular complexity index is 1030. The molecule has 0 heterocycles. The molecule has 0 bridgehead atoms. The molecule has 0 saturated heterocycles. The summed E-state index contributed by atoms with van der Waals surface area (Å²) in [6.45, 7) is 5.20. The fourth-order valence-electron chi connectivity index (χ4n) is 3.33. The first-order valence-corrected chi connectivity index (χ1v) is 10.9. The van der Waals surface area contributed by atoms with Gasteiger partial charge < -0.3 is 15.4 Å². The summed E-state index contributed by atoms with van der Waals surface area (Å²) in [5, 5.41) is 5.93. The first kappa shape index (κ1) is 23.1. The van der Waals surface area contributed by atoms with Crippen LogP contribution in [0.15, 0.2) is 78.9 Å². The molecule has 3 rings (SSSR count). The van der Waals surface area contributed by atoms with E-state index in [4.69, 9.17) is 4.74 Å². The van der Waals surface area contributed by atoms with Crippen LogP contribution in [0.3, 0.4) is 0 Å². The van der Waals surface area contributed by atoms with Crippen LogP contribution in [0.1, 0.15) is 36.2 Å². The van der Waals surface area contributed by atoms with Crippen LogP contribution < -0.4 is 15.4 Å². The zero-order valence-corrected chi connectivity index (χ0v) is 18.6. The normalized spacial score (nSPS) is 10.6. The monoisotopic (exact) mass is 430 g/mol. The van der Waals surface area contributed by atoms with Crippen LogP contribution in [-0.4, -0.2) is 25.0 Å². The van der Waals surface area contributed by atoms with Gasteiger partial charge in [-0.15, -0.1) is 0 Å². The Hall–Kier alpha value is -3.60. The van der Waals surface area contributed by atoms with Crippen molar-refractivity contribution >= 4 is 11.8 Å². The molecule has 0 radical (unpaired) electrons. The minimum absolute atomic E-state index is 0.0545. The smallest absolute Gasteiger partial charge is 0.258 e. The van der Waals surface area contributed by atoms with Crippen molar-refractivity contribution in [2.75, 3.05) is 13.2 Å². The standard InChI is InChI=1S/C27H30N2O3/c1-20(2)16-17-28-27(31)25-15-9-8-14-24(25)23-13-7-6-10-21(23)18-29-26(30)19-32-22-11-4-3-5-12-22/h3-15,20H,16-19H2,1-2H3,(H,28,31)(H,29,30). The Labute approximate surface area is 189 Å². The van der Waals surface area contributed by atoms with Gasteiger partial charge >= 0.3 is 0 Å². The minimum Gasteiger partial charge on any atom is -0.484 e. The van der Waals surface area contributed by atoms with E-state index in [1.54, 1.807) is 0 Å². The Morgan fingerprint density at radius 2 is 1.47 bits per heavy atom. The second-order valence-corrected chi connectivity index (χ2v) is 8.02. The molecule has 0 aromatic heterocycles. The van der Waals surface area contributed by atoms with Crippen LogP contribution in [0.2, 0.25) is 0 Å². The highest BCUT2D eigenvalue weighted by Gasteiger charge is 2.15. The summed E-state index contributed by atoms with van der Waals surface area (Å²) in [7, 11) is 0. The Balaban J connectivity index is 1.68. The predicted octanol–water partition coefficient (Wildman–Crippen LogP) is 4.82. The molecule has 0 fully saturated rings. The van der Waals surface area contributed by atoms with Crippen LogP contribution in [0.5, 0.6) is 5.75 Å². The molecule has 0 aliphatic carbocycles. The van der Waals surface area contributed by atoms with Crippen molar-refractivity contribution in [1.29, 1.82) is 0 Å². The van der Waals surface area contributed by atoms with E-state index in [0.29, 0.717) is 30.3 Å². The van der Waals surface area contributed by atoms with Crippen molar-refractivity contribution in [2.24, 2.45) is 5.92 Å². The molecule has 0 aliphatic rings. The predicted molar refractivity (Wildman–Crippen MR) is 127 cm³/mol. The molecule has 3 aromatic carbocycles. The van der Waals surface area contributed by atoms with E-state index in [1.807, 2.05) is 78.9 Å². The molecule has 0 saturated carbocycles. The molecule has 0 aliphatic heterocycles. The second-order valence-electron chi connectivity index (χ2n) is 8.02. The maximum atomic E-state index is 12.8. The summed E-state index contributed by atoms with van der Waals surface area (Å²) < 4.78 is 5.51. The molecule has 2 amide bonds. The van der Waals surface area contributed by atoms with Gasteiger partial charge in [-0.1, -0.05) is 74.5 Å². The van der Waals surface area contributed by atoms with E-state index in [2.05, 4.69) is 24.5 Å². The lowest BCUT2D eigenvalue weighted by Gasteiger charge is -2.15. The van der Waals surface area contributed by atoms with E-state index in [9.17, 15) is 9.59 Å². The molecule has 0 atom stereocenters. The lowest BCUT2D eigenvalue weighted by atomic mass is 9.95. The third-order valence-electron chi connectivity index (χ3n) is 5.08. The molecule has 5 heteroatoms. The zero-order chi connectivity index (χ0) is 22.8. The van der Waals surface area contributed by atoms with E-state index in [0.717, 1.165) is 23.1 Å². The van der Waals surface area contributed by atoms with Crippen LogP contribution in [-0.2, 0) is 11.3 Å². The highest BCUT2D eigenvalue weighted by molar-refractivity contribution is 6.01. The van der Waals surface area contributed by atoms with Gasteiger partial charge in [-0.25, -0.2) is 0 Å². The molecule has 166 valence electrons. The SMILES string of the molecule is CC(C)CCNC(=O)c1ccccc1-c1ccccc1CNC(=O)COc1ccccc1. The summed E-state index contributed by atoms with van der Waals surface area (Å²) in [6, 6.07) is 24.6. The van der Waals surface area contributed by atoms with Gasteiger partial charge in [0.05, 0.1) is 0 Å². The lowest BCUT2D eigenvalue weighted by Crippen LogP contribution is -2.28. The third-order valence-corrected chi connectivity index (χ3v) is 5.08. The van der Waals surface area contributed by atoms with Crippen LogP contribution >= 0.6 is 0 Å². The first-order valence-electron chi connectivity index (χ1n) is 10.9. The number of hydrogen-bond donors (Lipinski definition) is 2. The fourth-order valence-corrected chi connectivity index (χ4v) is 3.33. The number of rotatable bonds is 10. The highest BCUT2D eigenvalue weighted by atomic mass is 16.5. The van der Waals surface area contributed by atoms with Gasteiger partial charge in [0, 0.05) is 18.7 Å². The number of carbonyl (C=O) groups excluding carboxylic acids is 2. The number of nitrogens with one attached hydrogen (secondary N) is 2. The van der Waals surface area contributed by atoms with Gasteiger partial charge in [0.15, 0.2) is 6.61 Å². The van der Waals surface area contributed by atoms with Crippen molar-refractivity contribution in [3.63, 3.8) is 0 Å². The second kappa shape index (κ2) is 11.7.